The smallest absolute Gasteiger partial charge is 0.350 e. The minimum Gasteiger partial charge on any atom is -0.350 e. The van der Waals surface area contributed by atoms with Gasteiger partial charge in [-0.1, -0.05) is 17.7 Å². The molecule has 0 aliphatic rings. The van der Waals surface area contributed by atoms with Crippen molar-refractivity contribution in [2.45, 2.75) is 37.9 Å². The average molecular weight is 435 g/mol. The third kappa shape index (κ3) is 5.17. The first-order valence-electron chi connectivity index (χ1n) is 8.12. The predicted octanol–water partition coefficient (Wildman–Crippen LogP) is 4.61. The molecule has 0 atom stereocenters. The van der Waals surface area contributed by atoms with Gasteiger partial charge in [0.15, 0.2) is 0 Å². The van der Waals surface area contributed by atoms with E-state index in [1.54, 1.807) is 20.8 Å². The minimum absolute atomic E-state index is 0.153. The summed E-state index contributed by atoms with van der Waals surface area (Å²) in [7, 11) is -4.23. The van der Waals surface area contributed by atoms with Crippen LogP contribution in [0.4, 0.5) is 18.9 Å². The molecule has 2 aromatic carbocycles. The van der Waals surface area contributed by atoms with Crippen molar-refractivity contribution in [2.75, 3.05) is 4.72 Å². The van der Waals surface area contributed by atoms with Gasteiger partial charge < -0.3 is 5.32 Å². The van der Waals surface area contributed by atoms with Crippen LogP contribution in [0.15, 0.2) is 41.3 Å². The van der Waals surface area contributed by atoms with Crippen LogP contribution in [0.2, 0.25) is 5.02 Å². The molecule has 0 saturated carbocycles. The van der Waals surface area contributed by atoms with Crippen LogP contribution in [0.25, 0.3) is 0 Å². The minimum atomic E-state index is -4.73. The van der Waals surface area contributed by atoms with E-state index in [2.05, 4.69) is 10.0 Å². The second-order valence-corrected chi connectivity index (χ2v) is 8.49. The van der Waals surface area contributed by atoms with E-state index in [4.69, 9.17) is 11.6 Å². The average Bonchev–Trinajstić information content (AvgIpc) is 2.54. The summed E-state index contributed by atoms with van der Waals surface area (Å²) in [5, 5.41) is 2.12. The Labute approximate surface area is 166 Å². The van der Waals surface area contributed by atoms with Gasteiger partial charge in [-0.25, -0.2) is 8.42 Å². The molecule has 0 saturated heterocycles. The zero-order valence-electron chi connectivity index (χ0n) is 15.2. The quantitative estimate of drug-likeness (QED) is 0.721. The van der Waals surface area contributed by atoms with Gasteiger partial charge in [-0.15, -0.1) is 0 Å². The van der Waals surface area contributed by atoms with Crippen LogP contribution in [0, 0.1) is 6.92 Å². The van der Waals surface area contributed by atoms with E-state index in [-0.39, 0.29) is 22.2 Å². The van der Waals surface area contributed by atoms with E-state index in [0.29, 0.717) is 11.6 Å². The van der Waals surface area contributed by atoms with Gasteiger partial charge in [0.2, 0.25) is 0 Å². The molecule has 0 aliphatic heterocycles. The Morgan fingerprint density at radius 1 is 1.11 bits per heavy atom. The van der Waals surface area contributed by atoms with E-state index >= 15 is 0 Å². The molecule has 10 heteroatoms. The molecule has 0 fully saturated rings. The standard InChI is InChI=1S/C18H18ClF3N2O3S/c1-10(2)23-17(25)14-9-13(6-4-11(14)3)28(26,27)24-12-5-7-16(19)15(8-12)18(20,21)22/h4-10,24H,1-3H3,(H,23,25). The lowest BCUT2D eigenvalue weighted by Gasteiger charge is -2.14. The largest absolute Gasteiger partial charge is 0.417 e. The number of aryl methyl sites for hydroxylation is 1. The third-order valence-electron chi connectivity index (χ3n) is 3.71. The maximum atomic E-state index is 13.0. The summed E-state index contributed by atoms with van der Waals surface area (Å²) >= 11 is 5.54. The second-order valence-electron chi connectivity index (χ2n) is 6.40. The van der Waals surface area contributed by atoms with Crippen molar-refractivity contribution in [1.82, 2.24) is 5.32 Å². The molecule has 1 amide bonds. The van der Waals surface area contributed by atoms with Gasteiger partial charge in [0.25, 0.3) is 15.9 Å². The molecule has 0 radical (unpaired) electrons. The number of rotatable bonds is 5. The lowest BCUT2D eigenvalue weighted by atomic mass is 10.1. The number of nitrogens with one attached hydrogen (secondary N) is 2. The second kappa shape index (κ2) is 8.00. The van der Waals surface area contributed by atoms with Gasteiger partial charge in [0.05, 0.1) is 15.5 Å². The monoisotopic (exact) mass is 434 g/mol. The van der Waals surface area contributed by atoms with E-state index in [1.165, 1.54) is 18.2 Å². The molecule has 28 heavy (non-hydrogen) atoms. The Kier molecular flexibility index (Phi) is 6.30. The fraction of sp³-hybridized carbons (Fsp3) is 0.278. The Hall–Kier alpha value is -2.26. The molecular weight excluding hydrogens is 417 g/mol. The Morgan fingerprint density at radius 3 is 2.32 bits per heavy atom. The lowest BCUT2D eigenvalue weighted by molar-refractivity contribution is -0.137. The van der Waals surface area contributed by atoms with Crippen LogP contribution >= 0.6 is 11.6 Å². The fourth-order valence-electron chi connectivity index (χ4n) is 2.37. The summed E-state index contributed by atoms with van der Waals surface area (Å²) in [6, 6.07) is 6.43. The van der Waals surface area contributed by atoms with Crippen LogP contribution in [-0.4, -0.2) is 20.4 Å². The molecule has 152 valence electrons. The van der Waals surface area contributed by atoms with E-state index in [0.717, 1.165) is 12.1 Å². The van der Waals surface area contributed by atoms with Gasteiger partial charge in [-0.05, 0) is 56.7 Å². The van der Waals surface area contributed by atoms with Gasteiger partial charge in [-0.2, -0.15) is 13.2 Å². The topological polar surface area (TPSA) is 75.3 Å². The molecule has 5 nitrogen and oxygen atoms in total. The van der Waals surface area contributed by atoms with Crippen molar-refractivity contribution >= 4 is 33.2 Å². The SMILES string of the molecule is Cc1ccc(S(=O)(=O)Nc2ccc(Cl)c(C(F)(F)F)c2)cc1C(=O)NC(C)C. The highest BCUT2D eigenvalue weighted by Crippen LogP contribution is 2.36. The highest BCUT2D eigenvalue weighted by atomic mass is 35.5. The van der Waals surface area contributed by atoms with Crippen molar-refractivity contribution in [2.24, 2.45) is 0 Å². The number of benzene rings is 2. The van der Waals surface area contributed by atoms with Crippen LogP contribution in [0.1, 0.15) is 35.3 Å². The number of amides is 1. The first-order valence-corrected chi connectivity index (χ1v) is 9.98. The maximum absolute atomic E-state index is 13.0. The molecule has 0 aliphatic carbocycles. The van der Waals surface area contributed by atoms with Crippen molar-refractivity contribution < 1.29 is 26.4 Å². The first-order chi connectivity index (χ1) is 12.8. The van der Waals surface area contributed by atoms with Crippen LogP contribution in [-0.2, 0) is 16.2 Å². The maximum Gasteiger partial charge on any atom is 0.417 e. The van der Waals surface area contributed by atoms with E-state index in [9.17, 15) is 26.4 Å². The lowest BCUT2D eigenvalue weighted by Crippen LogP contribution is -2.30. The number of halogens is 4. The molecule has 2 N–H and O–H groups in total. The molecule has 0 aromatic heterocycles. The Morgan fingerprint density at radius 2 is 1.75 bits per heavy atom. The molecule has 2 aromatic rings. The molecule has 2 rings (SSSR count). The zero-order valence-corrected chi connectivity index (χ0v) is 16.8. The van der Waals surface area contributed by atoms with Crippen molar-refractivity contribution in [3.05, 3.63) is 58.1 Å². The fourth-order valence-corrected chi connectivity index (χ4v) is 3.67. The Balaban J connectivity index is 2.40. The molecule has 0 unspecified atom stereocenters. The number of anilines is 1. The van der Waals surface area contributed by atoms with Gasteiger partial charge >= 0.3 is 6.18 Å². The number of carbonyl (C=O) groups is 1. The normalized spacial score (nSPS) is 12.1. The van der Waals surface area contributed by atoms with Crippen LogP contribution < -0.4 is 10.0 Å². The van der Waals surface area contributed by atoms with Crippen molar-refractivity contribution in [3.63, 3.8) is 0 Å². The molecule has 0 spiro atoms. The van der Waals surface area contributed by atoms with Gasteiger partial charge in [0.1, 0.15) is 0 Å². The van der Waals surface area contributed by atoms with E-state index < -0.39 is 32.7 Å². The summed E-state index contributed by atoms with van der Waals surface area (Å²) in [6.45, 7) is 5.16. The van der Waals surface area contributed by atoms with Crippen molar-refractivity contribution in [3.8, 4) is 0 Å². The summed E-state index contributed by atoms with van der Waals surface area (Å²) in [6.07, 6.45) is -4.73. The van der Waals surface area contributed by atoms with Gasteiger partial charge in [0, 0.05) is 17.3 Å². The summed E-state index contributed by atoms with van der Waals surface area (Å²) in [5.41, 5.74) is -0.743. The zero-order chi connectivity index (χ0) is 21.3. The molecule has 0 heterocycles. The molecule has 0 bridgehead atoms. The highest BCUT2D eigenvalue weighted by Gasteiger charge is 2.33. The number of alkyl halides is 3. The summed E-state index contributed by atoms with van der Waals surface area (Å²) in [5.74, 6) is -0.449. The van der Waals surface area contributed by atoms with Crippen LogP contribution in [0.5, 0.6) is 0 Å². The third-order valence-corrected chi connectivity index (χ3v) is 5.42. The van der Waals surface area contributed by atoms with E-state index in [1.807, 2.05) is 0 Å². The Bertz CT molecular complexity index is 1010. The van der Waals surface area contributed by atoms with Crippen LogP contribution in [0.3, 0.4) is 0 Å². The number of hydrogen-bond acceptors (Lipinski definition) is 3. The predicted molar refractivity (Wildman–Crippen MR) is 101 cm³/mol. The number of sulfonamides is 1. The van der Waals surface area contributed by atoms with Gasteiger partial charge in [-0.3, -0.25) is 9.52 Å². The highest BCUT2D eigenvalue weighted by molar-refractivity contribution is 7.92. The first kappa shape index (κ1) is 22.0. The number of hydrogen-bond donors (Lipinski definition) is 2. The summed E-state index contributed by atoms with van der Waals surface area (Å²) < 4.78 is 66.2. The summed E-state index contributed by atoms with van der Waals surface area (Å²) in [4.78, 5) is 12.0. The molecular formula is C18H18ClF3N2O3S. The number of carbonyl (C=O) groups excluding carboxylic acids is 1. The van der Waals surface area contributed by atoms with Crippen molar-refractivity contribution in [1.29, 1.82) is 0 Å².